The number of phosphoric acid groups is 1. The number of esters is 1. The van der Waals surface area contributed by atoms with Crippen molar-refractivity contribution < 1.29 is 28.0 Å². The van der Waals surface area contributed by atoms with Crippen LogP contribution in [0.3, 0.4) is 0 Å². The van der Waals surface area contributed by atoms with Gasteiger partial charge in [0.15, 0.2) is 0 Å². The molecule has 0 aromatic heterocycles. The molecule has 1 heterocycles. The lowest BCUT2D eigenvalue weighted by Gasteiger charge is -2.08. The molecule has 1 rings (SSSR count). The topological polar surface area (TPSA) is 82.1 Å². The minimum absolute atomic E-state index is 0.0456. The van der Waals surface area contributed by atoms with Crippen LogP contribution in [0.4, 0.5) is 0 Å². The average molecular weight is 467 g/mol. The van der Waals surface area contributed by atoms with Gasteiger partial charge in [0.05, 0.1) is 6.61 Å². The summed E-state index contributed by atoms with van der Waals surface area (Å²) in [5.41, 5.74) is 0. The van der Waals surface area contributed by atoms with Gasteiger partial charge in [0.2, 0.25) is 0 Å². The summed E-state index contributed by atoms with van der Waals surface area (Å²) in [6, 6.07) is 0. The van der Waals surface area contributed by atoms with E-state index in [0.717, 1.165) is 25.7 Å². The fourth-order valence-corrected chi connectivity index (χ4v) is 3.71. The van der Waals surface area contributed by atoms with Crippen molar-refractivity contribution in [3.63, 3.8) is 0 Å². The van der Waals surface area contributed by atoms with Gasteiger partial charge in [-0.15, -0.1) is 0 Å². The summed E-state index contributed by atoms with van der Waals surface area (Å²) in [6.07, 6.45) is 30.4. The van der Waals surface area contributed by atoms with E-state index in [4.69, 9.17) is 14.2 Å². The molecule has 0 radical (unpaired) electrons. The number of hydrogen-bond donors (Lipinski definition) is 1. The zero-order valence-corrected chi connectivity index (χ0v) is 20.2. The van der Waals surface area contributed by atoms with E-state index >= 15 is 0 Å². The molecule has 2 unspecified atom stereocenters. The predicted octanol–water partition coefficient (Wildman–Crippen LogP) is 6.75. The molecule has 1 aliphatic heterocycles. The lowest BCUT2D eigenvalue weighted by molar-refractivity contribution is -0.145. The molecule has 7 heteroatoms. The summed E-state index contributed by atoms with van der Waals surface area (Å²) in [5, 5.41) is 0. The number of hydrogen-bond acceptors (Lipinski definition) is 5. The first-order valence-corrected chi connectivity index (χ1v) is 13.1. The Morgan fingerprint density at radius 3 is 1.94 bits per heavy atom. The minimum Gasteiger partial charge on any atom is -0.463 e. The SMILES string of the molecule is CCCCCC=CCC=CCC=CCC=CCC=CCCC(=O)OCC1COP(=O)(O)O1. The molecule has 0 spiro atoms. The van der Waals surface area contributed by atoms with Gasteiger partial charge in [-0.1, -0.05) is 80.5 Å². The van der Waals surface area contributed by atoms with E-state index in [9.17, 15) is 9.36 Å². The van der Waals surface area contributed by atoms with Crippen molar-refractivity contribution in [2.24, 2.45) is 0 Å². The summed E-state index contributed by atoms with van der Waals surface area (Å²) in [5.74, 6) is -0.365. The van der Waals surface area contributed by atoms with E-state index in [-0.39, 0.29) is 25.6 Å². The zero-order valence-electron chi connectivity index (χ0n) is 19.3. The molecule has 0 aromatic rings. The van der Waals surface area contributed by atoms with Crippen molar-refractivity contribution >= 4 is 13.8 Å². The van der Waals surface area contributed by atoms with Crippen LogP contribution in [0, 0.1) is 0 Å². The lowest BCUT2D eigenvalue weighted by atomic mass is 10.2. The Hall–Kier alpha value is -1.72. The van der Waals surface area contributed by atoms with Gasteiger partial charge in [0, 0.05) is 6.42 Å². The maximum atomic E-state index is 11.6. The molecule has 0 saturated carbocycles. The molecule has 1 saturated heterocycles. The molecule has 0 amide bonds. The summed E-state index contributed by atoms with van der Waals surface area (Å²) in [7, 11) is -3.94. The number of rotatable bonds is 17. The Morgan fingerprint density at radius 2 is 1.44 bits per heavy atom. The normalized spacial score (nSPS) is 21.9. The minimum atomic E-state index is -3.94. The maximum absolute atomic E-state index is 11.6. The van der Waals surface area contributed by atoms with Gasteiger partial charge < -0.3 is 9.63 Å². The Bertz CT molecular complexity index is 693. The van der Waals surface area contributed by atoms with E-state index in [1.165, 1.54) is 25.7 Å². The number of carbonyl (C=O) groups is 1. The van der Waals surface area contributed by atoms with Gasteiger partial charge in [0.25, 0.3) is 0 Å². The van der Waals surface area contributed by atoms with Crippen LogP contribution in [0.25, 0.3) is 0 Å². The first-order chi connectivity index (χ1) is 15.5. The van der Waals surface area contributed by atoms with E-state index in [2.05, 4.69) is 60.1 Å². The third kappa shape index (κ3) is 16.9. The predicted molar refractivity (Wildman–Crippen MR) is 129 cm³/mol. The summed E-state index contributed by atoms with van der Waals surface area (Å²) in [6.45, 7) is 2.11. The molecule has 2 atom stereocenters. The Morgan fingerprint density at radius 1 is 0.906 bits per heavy atom. The van der Waals surface area contributed by atoms with Gasteiger partial charge in [-0.2, -0.15) is 0 Å². The highest BCUT2D eigenvalue weighted by Gasteiger charge is 2.35. The highest BCUT2D eigenvalue weighted by atomic mass is 31.2. The van der Waals surface area contributed by atoms with Crippen molar-refractivity contribution in [3.8, 4) is 0 Å². The summed E-state index contributed by atoms with van der Waals surface area (Å²) >= 11 is 0. The first-order valence-electron chi connectivity index (χ1n) is 11.6. The monoisotopic (exact) mass is 466 g/mol. The van der Waals surface area contributed by atoms with Crippen molar-refractivity contribution in [2.75, 3.05) is 13.2 Å². The number of unbranched alkanes of at least 4 members (excludes halogenated alkanes) is 3. The Kier molecular flexibility index (Phi) is 16.6. The number of phosphoric ester groups is 1. The van der Waals surface area contributed by atoms with Crippen LogP contribution in [0.15, 0.2) is 60.8 Å². The molecule has 32 heavy (non-hydrogen) atoms. The molecule has 0 aliphatic carbocycles. The van der Waals surface area contributed by atoms with E-state index in [1.807, 2.05) is 12.2 Å². The van der Waals surface area contributed by atoms with Gasteiger partial charge in [0.1, 0.15) is 12.7 Å². The van der Waals surface area contributed by atoms with Crippen molar-refractivity contribution in [2.45, 2.75) is 77.2 Å². The average Bonchev–Trinajstić information content (AvgIpc) is 3.12. The van der Waals surface area contributed by atoms with E-state index < -0.39 is 13.9 Å². The molecule has 180 valence electrons. The largest absolute Gasteiger partial charge is 0.472 e. The van der Waals surface area contributed by atoms with E-state index in [1.54, 1.807) is 0 Å². The lowest BCUT2D eigenvalue weighted by Crippen LogP contribution is -2.20. The molecular weight excluding hydrogens is 427 g/mol. The van der Waals surface area contributed by atoms with Gasteiger partial charge in [-0.25, -0.2) is 4.57 Å². The highest BCUT2D eigenvalue weighted by molar-refractivity contribution is 7.47. The molecule has 6 nitrogen and oxygen atoms in total. The van der Waals surface area contributed by atoms with Gasteiger partial charge in [-0.3, -0.25) is 13.8 Å². The smallest absolute Gasteiger partial charge is 0.463 e. The second-order valence-electron chi connectivity index (χ2n) is 7.51. The molecule has 1 aliphatic rings. The Balaban J connectivity index is 1.94. The first kappa shape index (κ1) is 28.3. The maximum Gasteiger partial charge on any atom is 0.472 e. The fraction of sp³-hybridized carbons (Fsp3) is 0.560. The molecule has 0 bridgehead atoms. The zero-order chi connectivity index (χ0) is 23.3. The van der Waals surface area contributed by atoms with Crippen molar-refractivity contribution in [1.82, 2.24) is 0 Å². The second-order valence-corrected chi connectivity index (χ2v) is 8.92. The van der Waals surface area contributed by atoms with Crippen LogP contribution in [0.2, 0.25) is 0 Å². The molecular formula is C25H39O6P. The van der Waals surface area contributed by atoms with Crippen LogP contribution in [0.1, 0.15) is 71.1 Å². The van der Waals surface area contributed by atoms with Gasteiger partial charge in [-0.05, 0) is 44.9 Å². The number of carbonyl (C=O) groups excluding carboxylic acids is 1. The van der Waals surface area contributed by atoms with E-state index in [0.29, 0.717) is 6.42 Å². The third-order valence-corrected chi connectivity index (χ3v) is 5.59. The van der Waals surface area contributed by atoms with Gasteiger partial charge >= 0.3 is 13.8 Å². The summed E-state index contributed by atoms with van der Waals surface area (Å²) in [4.78, 5) is 20.7. The van der Waals surface area contributed by atoms with Crippen LogP contribution < -0.4 is 0 Å². The quantitative estimate of drug-likeness (QED) is 0.111. The van der Waals surface area contributed by atoms with Crippen LogP contribution in [-0.4, -0.2) is 30.2 Å². The number of ether oxygens (including phenoxy) is 1. The van der Waals surface area contributed by atoms with Crippen LogP contribution in [-0.2, 0) is 23.1 Å². The van der Waals surface area contributed by atoms with Crippen LogP contribution in [0.5, 0.6) is 0 Å². The highest BCUT2D eigenvalue weighted by Crippen LogP contribution is 2.49. The molecule has 0 aromatic carbocycles. The second kappa shape index (κ2) is 18.8. The number of allylic oxidation sites excluding steroid dienone is 10. The van der Waals surface area contributed by atoms with Crippen molar-refractivity contribution in [3.05, 3.63) is 60.8 Å². The third-order valence-electron chi connectivity index (χ3n) is 4.55. The Labute approximate surface area is 193 Å². The fourth-order valence-electron chi connectivity index (χ4n) is 2.80. The molecule has 1 fully saturated rings. The summed E-state index contributed by atoms with van der Waals surface area (Å²) < 4.78 is 25.4. The standard InChI is InChI=1S/C25H39O6P/c1-2-3-4-5-6-7-8-9-10-11-12-13-14-15-16-17-18-19-20-21-25(26)29-22-24-23-30-32(27,28)31-24/h6-7,9-10,12-13,15-16,18-19,24H,2-5,8,11,14,17,20-23H2,1H3,(H,27,28). The van der Waals surface area contributed by atoms with Crippen LogP contribution >= 0.6 is 7.82 Å². The van der Waals surface area contributed by atoms with Crippen molar-refractivity contribution in [1.29, 1.82) is 0 Å². The molecule has 1 N–H and O–H groups in total.